The van der Waals surface area contributed by atoms with E-state index < -0.39 is 0 Å². The molecule has 0 bridgehead atoms. The summed E-state index contributed by atoms with van der Waals surface area (Å²) in [5.74, 6) is 0.872. The molecular weight excluding hydrogens is 172 g/mol. The molecule has 0 aromatic rings. The maximum Gasteiger partial charge on any atom is 0.0220 e. The molecule has 2 rings (SSSR count). The highest BCUT2D eigenvalue weighted by Gasteiger charge is 2.27. The Morgan fingerprint density at radius 1 is 1.21 bits per heavy atom. The van der Waals surface area contributed by atoms with Crippen molar-refractivity contribution in [2.75, 3.05) is 19.6 Å². The molecule has 2 fully saturated rings. The summed E-state index contributed by atoms with van der Waals surface area (Å²) in [4.78, 5) is 2.67. The molecule has 0 aromatic heterocycles. The topological polar surface area (TPSA) is 15.3 Å². The highest BCUT2D eigenvalue weighted by molar-refractivity contribution is 4.85. The van der Waals surface area contributed by atoms with Gasteiger partial charge in [0, 0.05) is 18.6 Å². The highest BCUT2D eigenvalue weighted by atomic mass is 15.2. The second kappa shape index (κ2) is 4.63. The molecule has 0 amide bonds. The van der Waals surface area contributed by atoms with Crippen LogP contribution in [0.5, 0.6) is 0 Å². The van der Waals surface area contributed by atoms with Crippen molar-refractivity contribution in [3.63, 3.8) is 0 Å². The van der Waals surface area contributed by atoms with E-state index in [2.05, 4.69) is 24.1 Å². The van der Waals surface area contributed by atoms with Crippen molar-refractivity contribution in [2.45, 2.75) is 51.6 Å². The largest absolute Gasteiger partial charge is 0.312 e. The van der Waals surface area contributed by atoms with Gasteiger partial charge in [0.15, 0.2) is 0 Å². The van der Waals surface area contributed by atoms with Crippen LogP contribution in [0.1, 0.15) is 39.5 Å². The molecule has 2 aliphatic rings. The Hall–Kier alpha value is -0.0800. The lowest BCUT2D eigenvalue weighted by Gasteiger charge is -2.34. The van der Waals surface area contributed by atoms with E-state index in [1.165, 1.54) is 45.3 Å². The van der Waals surface area contributed by atoms with Gasteiger partial charge in [0.1, 0.15) is 0 Å². The van der Waals surface area contributed by atoms with Crippen molar-refractivity contribution < 1.29 is 0 Å². The Morgan fingerprint density at radius 2 is 2.07 bits per heavy atom. The van der Waals surface area contributed by atoms with Crippen LogP contribution in [0.2, 0.25) is 0 Å². The molecule has 0 spiro atoms. The Morgan fingerprint density at radius 3 is 2.71 bits per heavy atom. The van der Waals surface area contributed by atoms with E-state index in [4.69, 9.17) is 0 Å². The van der Waals surface area contributed by atoms with Crippen molar-refractivity contribution in [2.24, 2.45) is 5.92 Å². The molecule has 82 valence electrons. The molecule has 14 heavy (non-hydrogen) atoms. The zero-order chi connectivity index (χ0) is 9.97. The number of likely N-dealkylation sites (tertiary alicyclic amines) is 1. The van der Waals surface area contributed by atoms with Crippen LogP contribution in [0.4, 0.5) is 0 Å². The third-order valence-corrected chi connectivity index (χ3v) is 4.05. The third kappa shape index (κ3) is 2.29. The second-order valence-corrected chi connectivity index (χ2v) is 5.17. The summed E-state index contributed by atoms with van der Waals surface area (Å²) in [5, 5.41) is 3.67. The first-order chi connectivity index (χ1) is 6.77. The van der Waals surface area contributed by atoms with Crippen molar-refractivity contribution in [3.8, 4) is 0 Å². The lowest BCUT2D eigenvalue weighted by atomic mass is 9.92. The van der Waals surface area contributed by atoms with E-state index in [9.17, 15) is 0 Å². The van der Waals surface area contributed by atoms with Gasteiger partial charge >= 0.3 is 0 Å². The van der Waals surface area contributed by atoms with E-state index in [1.54, 1.807) is 0 Å². The Labute approximate surface area is 88.1 Å². The molecule has 3 unspecified atom stereocenters. The van der Waals surface area contributed by atoms with Gasteiger partial charge < -0.3 is 5.32 Å². The van der Waals surface area contributed by atoms with Gasteiger partial charge in [0.25, 0.3) is 0 Å². The van der Waals surface area contributed by atoms with Crippen LogP contribution in [-0.4, -0.2) is 36.6 Å². The van der Waals surface area contributed by atoms with Crippen molar-refractivity contribution >= 4 is 0 Å². The summed E-state index contributed by atoms with van der Waals surface area (Å²) in [6.07, 6.45) is 5.59. The van der Waals surface area contributed by atoms with Gasteiger partial charge in [-0.15, -0.1) is 0 Å². The molecule has 0 radical (unpaired) electrons. The van der Waals surface area contributed by atoms with Crippen LogP contribution < -0.4 is 5.32 Å². The van der Waals surface area contributed by atoms with Crippen LogP contribution in [0.3, 0.4) is 0 Å². The predicted octanol–water partition coefficient (Wildman–Crippen LogP) is 1.86. The van der Waals surface area contributed by atoms with E-state index >= 15 is 0 Å². The van der Waals surface area contributed by atoms with Gasteiger partial charge in [-0.05, 0) is 51.6 Å². The quantitative estimate of drug-likeness (QED) is 0.725. The molecule has 2 saturated heterocycles. The van der Waals surface area contributed by atoms with E-state index in [1.807, 2.05) is 0 Å². The van der Waals surface area contributed by atoms with Gasteiger partial charge in [0.2, 0.25) is 0 Å². The van der Waals surface area contributed by atoms with Crippen LogP contribution in [0, 0.1) is 5.92 Å². The summed E-state index contributed by atoms with van der Waals surface area (Å²) in [5.41, 5.74) is 0. The molecular formula is C12H24N2. The van der Waals surface area contributed by atoms with E-state index in [-0.39, 0.29) is 0 Å². The molecule has 2 nitrogen and oxygen atoms in total. The standard InChI is InChI=1S/C12H24N2/c1-10-5-3-7-13-12(10)9-14-8-4-6-11(14)2/h10-13H,3-9H2,1-2H3. The molecule has 3 atom stereocenters. The number of hydrogen-bond donors (Lipinski definition) is 1. The molecule has 0 aliphatic carbocycles. The maximum absolute atomic E-state index is 3.67. The van der Waals surface area contributed by atoms with Gasteiger partial charge in [-0.2, -0.15) is 0 Å². The first-order valence-corrected chi connectivity index (χ1v) is 6.25. The molecule has 2 heteroatoms. The van der Waals surface area contributed by atoms with Gasteiger partial charge in [-0.3, -0.25) is 4.90 Å². The first kappa shape index (κ1) is 10.4. The van der Waals surface area contributed by atoms with Crippen molar-refractivity contribution in [3.05, 3.63) is 0 Å². The van der Waals surface area contributed by atoms with E-state index in [0.29, 0.717) is 0 Å². The third-order valence-electron chi connectivity index (χ3n) is 4.05. The SMILES string of the molecule is CC1CCCNC1CN1CCCC1C. The number of piperidine rings is 1. The molecule has 1 N–H and O–H groups in total. The Balaban J connectivity index is 1.83. The average Bonchev–Trinajstić information content (AvgIpc) is 2.56. The van der Waals surface area contributed by atoms with Crippen LogP contribution >= 0.6 is 0 Å². The minimum absolute atomic E-state index is 0.754. The summed E-state index contributed by atoms with van der Waals surface area (Å²) in [6.45, 7) is 8.61. The fourth-order valence-electron chi connectivity index (χ4n) is 2.87. The van der Waals surface area contributed by atoms with Crippen molar-refractivity contribution in [1.82, 2.24) is 10.2 Å². The van der Waals surface area contributed by atoms with Gasteiger partial charge in [-0.25, -0.2) is 0 Å². The number of nitrogens with zero attached hydrogens (tertiary/aromatic N) is 1. The predicted molar refractivity (Wildman–Crippen MR) is 60.5 cm³/mol. The summed E-state index contributed by atoms with van der Waals surface area (Å²) in [7, 11) is 0. The Kier molecular flexibility index (Phi) is 3.45. The monoisotopic (exact) mass is 196 g/mol. The van der Waals surface area contributed by atoms with Gasteiger partial charge in [-0.1, -0.05) is 6.92 Å². The molecule has 2 heterocycles. The minimum atomic E-state index is 0.754. The van der Waals surface area contributed by atoms with Gasteiger partial charge in [0.05, 0.1) is 0 Å². The normalized spacial score (nSPS) is 40.3. The van der Waals surface area contributed by atoms with Crippen LogP contribution in [0.25, 0.3) is 0 Å². The van der Waals surface area contributed by atoms with Crippen molar-refractivity contribution in [1.29, 1.82) is 0 Å². The lowest BCUT2D eigenvalue weighted by molar-refractivity contribution is 0.186. The minimum Gasteiger partial charge on any atom is -0.312 e. The summed E-state index contributed by atoms with van der Waals surface area (Å²) >= 11 is 0. The van der Waals surface area contributed by atoms with E-state index in [0.717, 1.165) is 18.0 Å². The van der Waals surface area contributed by atoms with Crippen LogP contribution in [0.15, 0.2) is 0 Å². The number of hydrogen-bond acceptors (Lipinski definition) is 2. The maximum atomic E-state index is 3.67. The number of nitrogens with one attached hydrogen (secondary N) is 1. The summed E-state index contributed by atoms with van der Waals surface area (Å²) in [6, 6.07) is 1.58. The Bertz CT molecular complexity index is 181. The highest BCUT2D eigenvalue weighted by Crippen LogP contribution is 2.21. The molecule has 2 aliphatic heterocycles. The fourth-order valence-corrected chi connectivity index (χ4v) is 2.87. The summed E-state index contributed by atoms with van der Waals surface area (Å²) < 4.78 is 0. The number of rotatable bonds is 2. The second-order valence-electron chi connectivity index (χ2n) is 5.17. The fraction of sp³-hybridized carbons (Fsp3) is 1.00. The zero-order valence-corrected chi connectivity index (χ0v) is 9.63. The average molecular weight is 196 g/mol. The molecule has 0 aromatic carbocycles. The zero-order valence-electron chi connectivity index (χ0n) is 9.63. The smallest absolute Gasteiger partial charge is 0.0220 e. The lowest BCUT2D eigenvalue weighted by Crippen LogP contribution is -2.48. The molecule has 0 saturated carbocycles. The van der Waals surface area contributed by atoms with Crippen LogP contribution in [-0.2, 0) is 0 Å². The first-order valence-electron chi connectivity index (χ1n) is 6.25.